The van der Waals surface area contributed by atoms with Crippen molar-refractivity contribution in [2.24, 2.45) is 5.10 Å². The van der Waals surface area contributed by atoms with Crippen molar-refractivity contribution in [1.29, 1.82) is 5.26 Å². The molecule has 0 unspecified atom stereocenters. The quantitative estimate of drug-likeness (QED) is 0.307. The fourth-order valence-electron chi connectivity index (χ4n) is 2.73. The number of hydrogen-bond acceptors (Lipinski definition) is 9. The normalized spacial score (nSPS) is 11.4. The van der Waals surface area contributed by atoms with Crippen molar-refractivity contribution >= 4 is 23.5 Å². The van der Waals surface area contributed by atoms with Crippen LogP contribution in [0.15, 0.2) is 64.5 Å². The lowest BCUT2D eigenvalue weighted by atomic mass is 10.1. The minimum Gasteiger partial charge on any atom is -0.430 e. The SMILES string of the molecule is N#Cc1c(-c2ccccc2)nc(NN=Cc2cccc(Oc3nnc(C(F)(F)F)s3)c2)[nH]c1=O. The molecule has 13 heteroatoms. The zero-order chi connectivity index (χ0) is 24.1. The summed E-state index contributed by atoms with van der Waals surface area (Å²) in [7, 11) is 0. The molecule has 0 bridgehead atoms. The van der Waals surface area contributed by atoms with E-state index in [1.54, 1.807) is 42.5 Å². The topological polar surface area (TPSA) is 129 Å². The molecule has 2 heterocycles. The van der Waals surface area contributed by atoms with Gasteiger partial charge in [0.2, 0.25) is 11.0 Å². The number of hydrogen-bond donors (Lipinski definition) is 2. The third-order valence-electron chi connectivity index (χ3n) is 4.17. The lowest BCUT2D eigenvalue weighted by molar-refractivity contribution is -0.138. The predicted molar refractivity (Wildman–Crippen MR) is 118 cm³/mol. The summed E-state index contributed by atoms with van der Waals surface area (Å²) in [6, 6.07) is 16.9. The second kappa shape index (κ2) is 9.51. The maximum Gasteiger partial charge on any atom is 0.445 e. The third-order valence-corrected chi connectivity index (χ3v) is 5.02. The van der Waals surface area contributed by atoms with E-state index in [1.165, 1.54) is 18.3 Å². The molecule has 170 valence electrons. The number of aromatic amines is 1. The minimum absolute atomic E-state index is 0.0139. The lowest BCUT2D eigenvalue weighted by Crippen LogP contribution is -2.16. The van der Waals surface area contributed by atoms with Crippen molar-refractivity contribution in [2.45, 2.75) is 6.18 Å². The summed E-state index contributed by atoms with van der Waals surface area (Å²) < 4.78 is 43.3. The Bertz CT molecular complexity index is 1440. The molecule has 0 aliphatic carbocycles. The molecule has 9 nitrogen and oxygen atoms in total. The Morgan fingerprint density at radius 2 is 1.94 bits per heavy atom. The number of nitrogens with zero attached hydrogens (tertiary/aromatic N) is 5. The number of aromatic nitrogens is 4. The van der Waals surface area contributed by atoms with Crippen LogP contribution >= 0.6 is 11.3 Å². The molecule has 0 fully saturated rings. The Hall–Kier alpha value is -4.57. The van der Waals surface area contributed by atoms with Crippen molar-refractivity contribution in [3.63, 3.8) is 0 Å². The summed E-state index contributed by atoms with van der Waals surface area (Å²) >= 11 is 0.279. The van der Waals surface area contributed by atoms with E-state index in [-0.39, 0.29) is 39.5 Å². The summed E-state index contributed by atoms with van der Waals surface area (Å²) in [5.74, 6) is 0.241. The first-order valence-electron chi connectivity index (χ1n) is 9.41. The molecule has 0 aliphatic heterocycles. The molecule has 2 aromatic carbocycles. The molecule has 4 aromatic rings. The Labute approximate surface area is 193 Å². The Morgan fingerprint density at radius 3 is 2.65 bits per heavy atom. The number of nitriles is 1. The van der Waals surface area contributed by atoms with Gasteiger partial charge in [-0.25, -0.2) is 10.4 Å². The average molecular weight is 483 g/mol. The number of rotatable bonds is 6. The summed E-state index contributed by atoms with van der Waals surface area (Å²) in [6.07, 6.45) is -3.21. The highest BCUT2D eigenvalue weighted by molar-refractivity contribution is 7.13. The van der Waals surface area contributed by atoms with E-state index >= 15 is 0 Å². The number of nitrogens with one attached hydrogen (secondary N) is 2. The van der Waals surface area contributed by atoms with Crippen LogP contribution in [0.25, 0.3) is 11.3 Å². The molecule has 0 spiro atoms. The smallest absolute Gasteiger partial charge is 0.430 e. The fraction of sp³-hybridized carbons (Fsp3) is 0.0476. The number of benzene rings is 2. The molecule has 0 radical (unpaired) electrons. The largest absolute Gasteiger partial charge is 0.445 e. The van der Waals surface area contributed by atoms with E-state index in [0.717, 1.165) is 0 Å². The van der Waals surface area contributed by atoms with Crippen LogP contribution in [0.4, 0.5) is 19.1 Å². The van der Waals surface area contributed by atoms with Crippen LogP contribution in [0.3, 0.4) is 0 Å². The maximum atomic E-state index is 12.7. The van der Waals surface area contributed by atoms with Crippen LogP contribution in [-0.2, 0) is 6.18 Å². The Morgan fingerprint density at radius 1 is 1.15 bits per heavy atom. The zero-order valence-corrected chi connectivity index (χ0v) is 17.7. The number of anilines is 1. The standard InChI is InChI=1S/C21H12F3N7O2S/c22-21(23,24)18-29-31-20(34-18)33-14-8-4-5-12(9-14)11-26-30-19-27-16(13-6-2-1-3-7-13)15(10-25)17(32)28-19/h1-9,11H,(H2,27,28,30,32). The first-order valence-corrected chi connectivity index (χ1v) is 10.2. The van der Waals surface area contributed by atoms with Crippen molar-refractivity contribution in [3.8, 4) is 28.3 Å². The minimum atomic E-state index is -4.60. The first-order chi connectivity index (χ1) is 16.3. The van der Waals surface area contributed by atoms with Gasteiger partial charge in [-0.15, -0.1) is 5.10 Å². The van der Waals surface area contributed by atoms with Crippen molar-refractivity contribution < 1.29 is 17.9 Å². The van der Waals surface area contributed by atoms with Crippen LogP contribution in [0.1, 0.15) is 16.1 Å². The number of ether oxygens (including phenoxy) is 1. The zero-order valence-electron chi connectivity index (χ0n) is 16.9. The van der Waals surface area contributed by atoms with Gasteiger partial charge in [0.15, 0.2) is 0 Å². The Kier molecular flexibility index (Phi) is 6.33. The second-order valence-electron chi connectivity index (χ2n) is 6.53. The van der Waals surface area contributed by atoms with Gasteiger partial charge in [-0.05, 0) is 17.7 Å². The van der Waals surface area contributed by atoms with Crippen molar-refractivity contribution in [2.75, 3.05) is 5.43 Å². The molecule has 0 saturated heterocycles. The van der Waals surface area contributed by atoms with Gasteiger partial charge in [0, 0.05) is 5.56 Å². The van der Waals surface area contributed by atoms with Crippen LogP contribution in [0, 0.1) is 11.3 Å². The molecular formula is C21H12F3N7O2S. The molecule has 0 amide bonds. The number of hydrazone groups is 1. The monoisotopic (exact) mass is 483 g/mol. The maximum absolute atomic E-state index is 12.7. The molecular weight excluding hydrogens is 471 g/mol. The van der Waals surface area contributed by atoms with Gasteiger partial charge in [0.25, 0.3) is 10.8 Å². The fourth-order valence-corrected chi connectivity index (χ4v) is 3.31. The highest BCUT2D eigenvalue weighted by atomic mass is 32.1. The summed E-state index contributed by atoms with van der Waals surface area (Å²) in [4.78, 5) is 19.0. The van der Waals surface area contributed by atoms with E-state index in [4.69, 9.17) is 4.74 Å². The molecule has 2 aromatic heterocycles. The van der Waals surface area contributed by atoms with Crippen LogP contribution in [0.5, 0.6) is 10.9 Å². The van der Waals surface area contributed by atoms with Crippen LogP contribution < -0.4 is 15.7 Å². The molecule has 0 saturated carbocycles. The molecule has 4 rings (SSSR count). The van der Waals surface area contributed by atoms with Crippen molar-refractivity contribution in [3.05, 3.63) is 81.1 Å². The van der Waals surface area contributed by atoms with Gasteiger partial charge >= 0.3 is 6.18 Å². The molecule has 0 atom stereocenters. The number of halogens is 3. The van der Waals surface area contributed by atoms with Crippen molar-refractivity contribution in [1.82, 2.24) is 20.2 Å². The highest BCUT2D eigenvalue weighted by Gasteiger charge is 2.36. The second-order valence-corrected chi connectivity index (χ2v) is 7.47. The van der Waals surface area contributed by atoms with E-state index in [2.05, 4.69) is 30.7 Å². The van der Waals surface area contributed by atoms with Gasteiger partial charge < -0.3 is 4.74 Å². The van der Waals surface area contributed by atoms with Crippen LogP contribution in [-0.4, -0.2) is 26.4 Å². The van der Waals surface area contributed by atoms with E-state index in [0.29, 0.717) is 11.1 Å². The highest BCUT2D eigenvalue weighted by Crippen LogP contribution is 2.35. The number of alkyl halides is 3. The van der Waals surface area contributed by atoms with E-state index in [1.807, 2.05) is 6.07 Å². The third kappa shape index (κ3) is 5.25. The first kappa shape index (κ1) is 22.6. The average Bonchev–Trinajstić information content (AvgIpc) is 3.29. The van der Waals surface area contributed by atoms with Gasteiger partial charge in [0.1, 0.15) is 17.4 Å². The molecule has 0 aliphatic rings. The molecule has 2 N–H and O–H groups in total. The summed E-state index contributed by atoms with van der Waals surface area (Å²) in [6.45, 7) is 0. The van der Waals surface area contributed by atoms with E-state index in [9.17, 15) is 23.2 Å². The Balaban J connectivity index is 1.50. The summed E-state index contributed by atoms with van der Waals surface area (Å²) in [5.41, 5.74) is 3.16. The lowest BCUT2D eigenvalue weighted by Gasteiger charge is -2.06. The predicted octanol–water partition coefficient (Wildman–Crippen LogP) is 4.42. The summed E-state index contributed by atoms with van der Waals surface area (Å²) in [5, 5.41) is 18.4. The van der Waals surface area contributed by atoms with E-state index < -0.39 is 16.7 Å². The van der Waals surface area contributed by atoms with Gasteiger partial charge in [0.05, 0.1) is 11.9 Å². The van der Waals surface area contributed by atoms with Crippen LogP contribution in [0.2, 0.25) is 0 Å². The van der Waals surface area contributed by atoms with Gasteiger partial charge in [-0.3, -0.25) is 9.78 Å². The van der Waals surface area contributed by atoms with Gasteiger partial charge in [-0.2, -0.15) is 23.5 Å². The number of H-pyrrole nitrogens is 1. The van der Waals surface area contributed by atoms with Gasteiger partial charge in [-0.1, -0.05) is 58.9 Å². The molecule has 34 heavy (non-hydrogen) atoms.